The summed E-state index contributed by atoms with van der Waals surface area (Å²) in [5.74, 6) is -0.171. The summed E-state index contributed by atoms with van der Waals surface area (Å²) in [5.41, 5.74) is 1.39. The zero-order chi connectivity index (χ0) is 8.97. The highest BCUT2D eigenvalue weighted by Crippen LogP contribution is 2.06. The lowest BCUT2D eigenvalue weighted by molar-refractivity contribution is -0.107. The van der Waals surface area contributed by atoms with Crippen LogP contribution in [0.5, 0.6) is 0 Å². The number of aryl methyl sites for hydroxylation is 1. The molecule has 1 heterocycles. The van der Waals surface area contributed by atoms with Crippen molar-refractivity contribution in [3.8, 4) is 0 Å². The Morgan fingerprint density at radius 1 is 1.67 bits per heavy atom. The maximum Gasteiger partial charge on any atom is 0.171 e. The first kappa shape index (κ1) is 8.59. The van der Waals surface area contributed by atoms with Crippen molar-refractivity contribution >= 4 is 12.1 Å². The molecule has 0 fully saturated rings. The van der Waals surface area contributed by atoms with Crippen molar-refractivity contribution in [3.63, 3.8) is 0 Å². The van der Waals surface area contributed by atoms with Crippen molar-refractivity contribution < 1.29 is 9.59 Å². The van der Waals surface area contributed by atoms with Crippen LogP contribution in [0.2, 0.25) is 0 Å². The number of aromatic nitrogens is 1. The van der Waals surface area contributed by atoms with Crippen molar-refractivity contribution in [2.45, 2.75) is 13.3 Å². The molecule has 12 heavy (non-hydrogen) atoms. The lowest BCUT2D eigenvalue weighted by Crippen LogP contribution is -2.02. The molecule has 0 atom stereocenters. The number of aldehydes is 1. The number of hydrogen-bond donors (Lipinski definition) is 0. The number of pyridine rings is 1. The zero-order valence-corrected chi connectivity index (χ0v) is 6.78. The minimum absolute atomic E-state index is 0.0630. The molecule has 0 aliphatic carbocycles. The van der Waals surface area contributed by atoms with E-state index < -0.39 is 0 Å². The van der Waals surface area contributed by atoms with Gasteiger partial charge in [0.05, 0.1) is 6.42 Å². The van der Waals surface area contributed by atoms with Gasteiger partial charge in [-0.1, -0.05) is 0 Å². The Balaban J connectivity index is 2.94. The fourth-order valence-corrected chi connectivity index (χ4v) is 0.942. The summed E-state index contributed by atoms with van der Waals surface area (Å²) >= 11 is 0. The molecule has 0 bridgehead atoms. The topological polar surface area (TPSA) is 47.0 Å². The van der Waals surface area contributed by atoms with Gasteiger partial charge in [0.15, 0.2) is 5.78 Å². The van der Waals surface area contributed by atoms with E-state index in [9.17, 15) is 9.59 Å². The lowest BCUT2D eigenvalue weighted by atomic mass is 10.1. The Morgan fingerprint density at radius 2 is 2.42 bits per heavy atom. The normalized spacial score (nSPS) is 9.42. The largest absolute Gasteiger partial charge is 0.303 e. The summed E-state index contributed by atoms with van der Waals surface area (Å²) in [5, 5.41) is 0. The molecular weight excluding hydrogens is 154 g/mol. The monoisotopic (exact) mass is 163 g/mol. The SMILES string of the molecule is Cc1ccncc1C(=O)CC=O. The van der Waals surface area contributed by atoms with Gasteiger partial charge in [-0.25, -0.2) is 0 Å². The van der Waals surface area contributed by atoms with Crippen LogP contribution < -0.4 is 0 Å². The summed E-state index contributed by atoms with van der Waals surface area (Å²) in [4.78, 5) is 25.1. The van der Waals surface area contributed by atoms with Gasteiger partial charge in [0.25, 0.3) is 0 Å². The molecule has 3 nitrogen and oxygen atoms in total. The Morgan fingerprint density at radius 3 is 3.00 bits per heavy atom. The lowest BCUT2D eigenvalue weighted by Gasteiger charge is -1.99. The number of carbonyl (C=O) groups excluding carboxylic acids is 2. The number of rotatable bonds is 3. The highest BCUT2D eigenvalue weighted by atomic mass is 16.1. The molecule has 0 aliphatic rings. The highest BCUT2D eigenvalue weighted by molar-refractivity contribution is 6.03. The maximum absolute atomic E-state index is 11.2. The molecule has 1 aromatic rings. The molecule has 0 aromatic carbocycles. The van der Waals surface area contributed by atoms with E-state index in [1.54, 1.807) is 12.3 Å². The average Bonchev–Trinajstić information content (AvgIpc) is 2.05. The zero-order valence-electron chi connectivity index (χ0n) is 6.78. The Kier molecular flexibility index (Phi) is 2.69. The second-order valence-corrected chi connectivity index (χ2v) is 2.48. The van der Waals surface area contributed by atoms with Crippen LogP contribution in [0, 0.1) is 6.92 Å². The smallest absolute Gasteiger partial charge is 0.171 e. The molecule has 0 amide bonds. The third kappa shape index (κ3) is 1.75. The van der Waals surface area contributed by atoms with Gasteiger partial charge in [0.1, 0.15) is 6.29 Å². The third-order valence-electron chi connectivity index (χ3n) is 1.61. The van der Waals surface area contributed by atoms with E-state index in [1.807, 2.05) is 6.92 Å². The van der Waals surface area contributed by atoms with Crippen LogP contribution in [-0.4, -0.2) is 17.1 Å². The summed E-state index contributed by atoms with van der Waals surface area (Å²) in [6, 6.07) is 1.75. The molecule has 0 unspecified atom stereocenters. The van der Waals surface area contributed by atoms with Crippen LogP contribution in [-0.2, 0) is 4.79 Å². The molecule has 0 radical (unpaired) electrons. The fourth-order valence-electron chi connectivity index (χ4n) is 0.942. The summed E-state index contributed by atoms with van der Waals surface area (Å²) < 4.78 is 0. The number of carbonyl (C=O) groups is 2. The van der Waals surface area contributed by atoms with Gasteiger partial charge in [0.2, 0.25) is 0 Å². The predicted molar refractivity (Wildman–Crippen MR) is 44.0 cm³/mol. The van der Waals surface area contributed by atoms with Gasteiger partial charge < -0.3 is 4.79 Å². The van der Waals surface area contributed by atoms with E-state index >= 15 is 0 Å². The molecule has 0 N–H and O–H groups in total. The first-order valence-electron chi connectivity index (χ1n) is 3.63. The average molecular weight is 163 g/mol. The van der Waals surface area contributed by atoms with Gasteiger partial charge in [0, 0.05) is 18.0 Å². The first-order valence-corrected chi connectivity index (χ1v) is 3.63. The summed E-state index contributed by atoms with van der Waals surface area (Å²) in [7, 11) is 0. The molecule has 0 aliphatic heterocycles. The van der Waals surface area contributed by atoms with Gasteiger partial charge in [-0.3, -0.25) is 9.78 Å². The minimum atomic E-state index is -0.171. The molecule has 0 saturated heterocycles. The van der Waals surface area contributed by atoms with Crippen LogP contribution >= 0.6 is 0 Å². The molecule has 62 valence electrons. The predicted octanol–water partition coefficient (Wildman–Crippen LogP) is 1.16. The van der Waals surface area contributed by atoms with Gasteiger partial charge in [-0.2, -0.15) is 0 Å². The third-order valence-corrected chi connectivity index (χ3v) is 1.61. The van der Waals surface area contributed by atoms with E-state index in [2.05, 4.69) is 4.98 Å². The molecule has 3 heteroatoms. The highest BCUT2D eigenvalue weighted by Gasteiger charge is 2.06. The second-order valence-electron chi connectivity index (χ2n) is 2.48. The van der Waals surface area contributed by atoms with Crippen molar-refractivity contribution in [2.75, 3.05) is 0 Å². The first-order chi connectivity index (χ1) is 5.75. The number of hydrogen-bond acceptors (Lipinski definition) is 3. The number of Topliss-reactive ketones (excluding diaryl/α,β-unsaturated/α-hetero) is 1. The van der Waals surface area contributed by atoms with Crippen LogP contribution in [0.1, 0.15) is 22.3 Å². The molecule has 0 spiro atoms. The Labute approximate surface area is 70.4 Å². The van der Waals surface area contributed by atoms with Crippen LogP contribution in [0.25, 0.3) is 0 Å². The van der Waals surface area contributed by atoms with Gasteiger partial charge in [-0.05, 0) is 18.6 Å². The molecular formula is C9H9NO2. The maximum atomic E-state index is 11.2. The Bertz CT molecular complexity index is 307. The number of ketones is 1. The van der Waals surface area contributed by atoms with Crippen molar-refractivity contribution in [2.24, 2.45) is 0 Å². The van der Waals surface area contributed by atoms with Crippen LogP contribution in [0.3, 0.4) is 0 Å². The fraction of sp³-hybridized carbons (Fsp3) is 0.222. The van der Waals surface area contributed by atoms with Crippen molar-refractivity contribution in [1.29, 1.82) is 0 Å². The standard InChI is InChI=1S/C9H9NO2/c1-7-2-4-10-6-8(7)9(12)3-5-11/h2,4-6H,3H2,1H3. The quantitative estimate of drug-likeness (QED) is 0.381. The Hall–Kier alpha value is -1.51. The van der Waals surface area contributed by atoms with Crippen molar-refractivity contribution in [3.05, 3.63) is 29.6 Å². The van der Waals surface area contributed by atoms with Gasteiger partial charge >= 0.3 is 0 Å². The van der Waals surface area contributed by atoms with E-state index in [-0.39, 0.29) is 12.2 Å². The minimum Gasteiger partial charge on any atom is -0.303 e. The van der Waals surface area contributed by atoms with E-state index in [1.165, 1.54) is 6.20 Å². The summed E-state index contributed by atoms with van der Waals surface area (Å²) in [6.07, 6.45) is 3.65. The van der Waals surface area contributed by atoms with Crippen molar-refractivity contribution in [1.82, 2.24) is 4.98 Å². The molecule has 1 aromatic heterocycles. The van der Waals surface area contributed by atoms with Crippen LogP contribution in [0.15, 0.2) is 18.5 Å². The molecule has 0 saturated carbocycles. The number of nitrogens with zero attached hydrogens (tertiary/aromatic N) is 1. The van der Waals surface area contributed by atoms with Crippen LogP contribution in [0.4, 0.5) is 0 Å². The van der Waals surface area contributed by atoms with E-state index in [0.29, 0.717) is 11.8 Å². The second kappa shape index (κ2) is 3.76. The molecule has 1 rings (SSSR count). The van der Waals surface area contributed by atoms with Gasteiger partial charge in [-0.15, -0.1) is 0 Å². The summed E-state index contributed by atoms with van der Waals surface area (Å²) in [6.45, 7) is 1.82. The van der Waals surface area contributed by atoms with E-state index in [0.717, 1.165) is 5.56 Å². The van der Waals surface area contributed by atoms with E-state index in [4.69, 9.17) is 0 Å².